The van der Waals surface area contributed by atoms with E-state index in [4.69, 9.17) is 9.47 Å². The zero-order valence-electron chi connectivity index (χ0n) is 34.2. The first-order valence-electron chi connectivity index (χ1n) is 21.6. The first-order chi connectivity index (χ1) is 25.5. The molecule has 0 N–H and O–H groups in total. The fourth-order valence-corrected chi connectivity index (χ4v) is 19.8. The molecule has 8 aliphatic carbocycles. The average Bonchev–Trinajstić information content (AvgIpc) is 3.57. The van der Waals surface area contributed by atoms with E-state index < -0.39 is 0 Å². The summed E-state index contributed by atoms with van der Waals surface area (Å²) in [4.78, 5) is 51.0. The number of ketones is 2. The van der Waals surface area contributed by atoms with Crippen molar-refractivity contribution in [3.63, 3.8) is 0 Å². The Morgan fingerprint density at radius 2 is 0.963 bits per heavy atom. The number of carbonyl (C=O) groups is 4. The molecule has 0 radical (unpaired) electrons. The van der Waals surface area contributed by atoms with Gasteiger partial charge in [0.15, 0.2) is 0 Å². The molecule has 0 aromatic heterocycles. The van der Waals surface area contributed by atoms with Crippen molar-refractivity contribution < 1.29 is 28.7 Å². The Morgan fingerprint density at radius 3 is 1.31 bits per heavy atom. The number of esters is 2. The Balaban J connectivity index is 0.995. The molecule has 0 amide bonds. The third-order valence-corrected chi connectivity index (χ3v) is 21.3. The molecule has 6 fully saturated rings. The maximum absolute atomic E-state index is 13.7. The molecule has 0 aliphatic heterocycles. The van der Waals surface area contributed by atoms with E-state index in [1.165, 1.54) is 37.8 Å². The van der Waals surface area contributed by atoms with Crippen LogP contribution in [0.4, 0.5) is 0 Å². The van der Waals surface area contributed by atoms with E-state index in [0.29, 0.717) is 47.1 Å². The summed E-state index contributed by atoms with van der Waals surface area (Å²) < 4.78 is 11.4. The molecule has 6 nitrogen and oxygen atoms in total. The van der Waals surface area contributed by atoms with Gasteiger partial charge in [0.2, 0.25) is 0 Å². The standard InChI is InChI=1S/C46H66O6S2/c1-25(47)41-39(23-37-33-11-9-29-21-31(51-27(3)49)13-17-43(29,5)35(33)15-19-45(37,41)7)53-54-40-24-38-34-12-10-30-22-32(52-28(4)50)14-18-44(30,6)36(34)16-20-46(38,8)42(40)26(2)48/h9-10,31-42H,11-24H2,1-8H3. The Hall–Kier alpha value is -1.54. The Kier molecular flexibility index (Phi) is 10.2. The number of rotatable bonds is 7. The third-order valence-electron chi connectivity index (χ3n) is 18.0. The molecule has 8 rings (SSSR count). The summed E-state index contributed by atoms with van der Waals surface area (Å²) >= 11 is 0. The van der Waals surface area contributed by atoms with Gasteiger partial charge in [-0.25, -0.2) is 0 Å². The lowest BCUT2D eigenvalue weighted by Gasteiger charge is -2.58. The van der Waals surface area contributed by atoms with E-state index in [-0.39, 0.29) is 68.1 Å². The molecule has 0 aromatic rings. The maximum Gasteiger partial charge on any atom is 0.302 e. The third kappa shape index (κ3) is 6.17. The molecule has 0 bridgehead atoms. The van der Waals surface area contributed by atoms with Crippen LogP contribution in [0.25, 0.3) is 0 Å². The predicted octanol–water partition coefficient (Wildman–Crippen LogP) is 10.5. The SMILES string of the molecule is CC(=O)OC1CCC2(C)C(=CCC3C2CCC2(C)C3CC(SSC3CC4C5CC=C6CC(OC(C)=O)CCC6(C)C5CCC4(C)C3C(C)=O)C2C(C)=O)C1. The highest BCUT2D eigenvalue weighted by atomic mass is 33.1. The topological polar surface area (TPSA) is 86.7 Å². The molecular formula is C46H66O6S2. The van der Waals surface area contributed by atoms with E-state index in [0.717, 1.165) is 77.0 Å². The van der Waals surface area contributed by atoms with Crippen molar-refractivity contribution in [2.45, 2.75) is 168 Å². The normalized spacial score (nSPS) is 49.0. The van der Waals surface area contributed by atoms with Crippen LogP contribution in [0, 0.1) is 69.0 Å². The Bertz CT molecular complexity index is 1520. The number of fused-ring (bicyclic) bond motifs is 10. The second kappa shape index (κ2) is 14.1. The smallest absolute Gasteiger partial charge is 0.302 e. The summed E-state index contributed by atoms with van der Waals surface area (Å²) in [6, 6.07) is 0. The number of Topliss-reactive ketones (excluding diaryl/α,β-unsaturated/α-hetero) is 2. The van der Waals surface area contributed by atoms with Crippen LogP contribution >= 0.6 is 21.6 Å². The van der Waals surface area contributed by atoms with Crippen molar-refractivity contribution in [1.82, 2.24) is 0 Å². The number of hydrogen-bond acceptors (Lipinski definition) is 8. The summed E-state index contributed by atoms with van der Waals surface area (Å²) in [6.45, 7) is 16.7. The number of hydrogen-bond donors (Lipinski definition) is 0. The highest BCUT2D eigenvalue weighted by molar-refractivity contribution is 8.77. The molecule has 298 valence electrons. The van der Waals surface area contributed by atoms with Crippen LogP contribution < -0.4 is 0 Å². The summed E-state index contributed by atoms with van der Waals surface area (Å²) in [7, 11) is 3.99. The molecule has 0 saturated heterocycles. The van der Waals surface area contributed by atoms with Crippen molar-refractivity contribution in [2.24, 2.45) is 69.0 Å². The Morgan fingerprint density at radius 1 is 0.574 bits per heavy atom. The van der Waals surface area contributed by atoms with Gasteiger partial charge in [-0.05, 0) is 148 Å². The number of allylic oxidation sites excluding steroid dienone is 2. The zero-order valence-corrected chi connectivity index (χ0v) is 35.9. The van der Waals surface area contributed by atoms with E-state index in [1.807, 2.05) is 35.4 Å². The van der Waals surface area contributed by atoms with Crippen molar-refractivity contribution in [3.05, 3.63) is 23.3 Å². The average molecular weight is 779 g/mol. The largest absolute Gasteiger partial charge is 0.462 e. The fourth-order valence-electron chi connectivity index (χ4n) is 15.7. The minimum absolute atomic E-state index is 0.00821. The van der Waals surface area contributed by atoms with Crippen LogP contribution in [-0.4, -0.2) is 46.2 Å². The minimum atomic E-state index is -0.173. The number of carbonyl (C=O) groups excluding carboxylic acids is 4. The monoisotopic (exact) mass is 778 g/mol. The molecular weight excluding hydrogens is 713 g/mol. The Labute approximate surface area is 332 Å². The first-order valence-corrected chi connectivity index (χ1v) is 23.8. The van der Waals surface area contributed by atoms with E-state index in [2.05, 4.69) is 39.8 Å². The molecule has 0 spiro atoms. The van der Waals surface area contributed by atoms with Crippen LogP contribution in [0.3, 0.4) is 0 Å². The van der Waals surface area contributed by atoms with Crippen LogP contribution in [0.5, 0.6) is 0 Å². The molecule has 8 aliphatic rings. The second-order valence-electron chi connectivity index (χ2n) is 20.5. The van der Waals surface area contributed by atoms with Gasteiger partial charge in [-0.15, -0.1) is 0 Å². The lowest BCUT2D eigenvalue weighted by Crippen LogP contribution is -2.51. The van der Waals surface area contributed by atoms with Crippen LogP contribution in [0.2, 0.25) is 0 Å². The molecule has 0 heterocycles. The first kappa shape index (κ1) is 39.3. The quantitative estimate of drug-likeness (QED) is 0.143. The highest BCUT2D eigenvalue weighted by Crippen LogP contribution is 2.71. The van der Waals surface area contributed by atoms with E-state index in [9.17, 15) is 19.2 Å². The fraction of sp³-hybridized carbons (Fsp3) is 0.826. The second-order valence-corrected chi connectivity index (χ2v) is 23.2. The van der Waals surface area contributed by atoms with Gasteiger partial charge in [0, 0.05) is 49.0 Å². The summed E-state index contributed by atoms with van der Waals surface area (Å²) in [5.74, 6) is 3.95. The highest BCUT2D eigenvalue weighted by Gasteiger charge is 2.65. The number of ether oxygens (including phenoxy) is 2. The minimum Gasteiger partial charge on any atom is -0.462 e. The van der Waals surface area contributed by atoms with Gasteiger partial charge >= 0.3 is 11.9 Å². The van der Waals surface area contributed by atoms with Gasteiger partial charge < -0.3 is 9.47 Å². The van der Waals surface area contributed by atoms with Crippen molar-refractivity contribution in [1.29, 1.82) is 0 Å². The van der Waals surface area contributed by atoms with Gasteiger partial charge in [0.25, 0.3) is 0 Å². The van der Waals surface area contributed by atoms with Crippen LogP contribution in [0.15, 0.2) is 23.3 Å². The van der Waals surface area contributed by atoms with E-state index in [1.54, 1.807) is 0 Å². The zero-order chi connectivity index (χ0) is 38.5. The van der Waals surface area contributed by atoms with E-state index >= 15 is 0 Å². The van der Waals surface area contributed by atoms with Gasteiger partial charge in [0.05, 0.1) is 0 Å². The maximum atomic E-state index is 13.7. The predicted molar refractivity (Wildman–Crippen MR) is 216 cm³/mol. The molecule has 8 heteroatoms. The molecule has 54 heavy (non-hydrogen) atoms. The summed E-state index contributed by atoms with van der Waals surface area (Å²) in [6.07, 6.45) is 19.8. The van der Waals surface area contributed by atoms with Gasteiger partial charge in [-0.1, -0.05) is 72.6 Å². The summed E-state index contributed by atoms with van der Waals surface area (Å²) in [5.41, 5.74) is 3.36. The lowest BCUT2D eigenvalue weighted by molar-refractivity contribution is -0.149. The molecule has 6 saturated carbocycles. The molecule has 16 atom stereocenters. The lowest BCUT2D eigenvalue weighted by atomic mass is 9.47. The van der Waals surface area contributed by atoms with Crippen molar-refractivity contribution in [2.75, 3.05) is 0 Å². The van der Waals surface area contributed by atoms with Gasteiger partial charge in [0.1, 0.15) is 23.8 Å². The van der Waals surface area contributed by atoms with Crippen LogP contribution in [0.1, 0.15) is 145 Å². The molecule has 0 aromatic carbocycles. The summed E-state index contributed by atoms with van der Waals surface area (Å²) in [5, 5.41) is 0.558. The molecule has 16 unspecified atom stereocenters. The van der Waals surface area contributed by atoms with Gasteiger partial charge in [-0.2, -0.15) is 0 Å². The van der Waals surface area contributed by atoms with Gasteiger partial charge in [-0.3, -0.25) is 19.2 Å². The van der Waals surface area contributed by atoms with Crippen molar-refractivity contribution >= 4 is 45.1 Å². The van der Waals surface area contributed by atoms with Crippen molar-refractivity contribution in [3.8, 4) is 0 Å². The van der Waals surface area contributed by atoms with Crippen LogP contribution in [-0.2, 0) is 28.7 Å².